The molecule has 0 fully saturated rings. The number of nitrogens with zero attached hydrogens (tertiary/aromatic N) is 2. The van der Waals surface area contributed by atoms with E-state index in [0.717, 1.165) is 9.87 Å². The number of likely N-dealkylation sites (N-methyl/N-ethyl adjacent to an activating group) is 1. The fourth-order valence-corrected chi connectivity index (χ4v) is 4.34. The number of para-hydroxylation sites is 1. The summed E-state index contributed by atoms with van der Waals surface area (Å²) in [6.45, 7) is 1.55. The highest BCUT2D eigenvalue weighted by Gasteiger charge is 2.28. The van der Waals surface area contributed by atoms with E-state index in [2.05, 4.69) is 0 Å². The van der Waals surface area contributed by atoms with Gasteiger partial charge in [-0.3, -0.25) is 9.10 Å². The van der Waals surface area contributed by atoms with E-state index in [1.54, 1.807) is 67.7 Å². The van der Waals surface area contributed by atoms with Crippen LogP contribution in [0.15, 0.2) is 83.8 Å². The van der Waals surface area contributed by atoms with Gasteiger partial charge in [0, 0.05) is 12.7 Å². The van der Waals surface area contributed by atoms with Gasteiger partial charge in [-0.25, -0.2) is 8.42 Å². The van der Waals surface area contributed by atoms with Gasteiger partial charge in [-0.1, -0.05) is 35.9 Å². The number of methoxy groups -OCH3 is 1. The number of benzene rings is 3. The standard InChI is InChI=1S/C23H24N2O4S/c1-18-9-15-22(16-10-18)30(27,28)25(20-11-13-21(29-3)14-12-20)17-23(26)24(2)19-7-5-4-6-8-19/h4-16H,17H2,1-3H3. The quantitative estimate of drug-likeness (QED) is 0.578. The lowest BCUT2D eigenvalue weighted by Crippen LogP contribution is -2.41. The number of ether oxygens (including phenoxy) is 1. The molecule has 0 aromatic heterocycles. The Morgan fingerprint density at radius 1 is 0.867 bits per heavy atom. The van der Waals surface area contributed by atoms with Crippen molar-refractivity contribution in [3.8, 4) is 5.75 Å². The summed E-state index contributed by atoms with van der Waals surface area (Å²) in [7, 11) is -0.793. The normalized spacial score (nSPS) is 11.0. The van der Waals surface area contributed by atoms with E-state index in [-0.39, 0.29) is 17.3 Å². The maximum atomic E-state index is 13.4. The van der Waals surface area contributed by atoms with Gasteiger partial charge in [-0.05, 0) is 55.5 Å². The molecule has 0 spiro atoms. The third-order valence-electron chi connectivity index (χ3n) is 4.77. The number of hydrogen-bond acceptors (Lipinski definition) is 4. The van der Waals surface area contributed by atoms with Crippen molar-refractivity contribution in [1.82, 2.24) is 0 Å². The molecule has 0 saturated carbocycles. The molecule has 0 aliphatic rings. The number of aryl methyl sites for hydroxylation is 1. The van der Waals surface area contributed by atoms with Crippen molar-refractivity contribution >= 4 is 27.3 Å². The molecule has 6 nitrogen and oxygen atoms in total. The molecule has 0 N–H and O–H groups in total. The van der Waals surface area contributed by atoms with E-state index in [0.29, 0.717) is 17.1 Å². The third-order valence-corrected chi connectivity index (χ3v) is 6.55. The van der Waals surface area contributed by atoms with Gasteiger partial charge >= 0.3 is 0 Å². The van der Waals surface area contributed by atoms with Gasteiger partial charge in [-0.2, -0.15) is 0 Å². The highest BCUT2D eigenvalue weighted by atomic mass is 32.2. The Morgan fingerprint density at radius 3 is 2.03 bits per heavy atom. The summed E-state index contributed by atoms with van der Waals surface area (Å²) in [4.78, 5) is 14.5. The highest BCUT2D eigenvalue weighted by Crippen LogP contribution is 2.26. The minimum absolute atomic E-state index is 0.124. The molecule has 7 heteroatoms. The number of rotatable bonds is 7. The Balaban J connectivity index is 1.98. The predicted octanol–water partition coefficient (Wildman–Crippen LogP) is 3.86. The average molecular weight is 425 g/mol. The van der Waals surface area contributed by atoms with Crippen LogP contribution in [0, 0.1) is 6.92 Å². The van der Waals surface area contributed by atoms with E-state index >= 15 is 0 Å². The molecule has 3 aromatic rings. The second kappa shape index (κ2) is 9.00. The van der Waals surface area contributed by atoms with E-state index < -0.39 is 10.0 Å². The molecular formula is C23H24N2O4S. The molecule has 0 unspecified atom stereocenters. The number of carbonyl (C=O) groups is 1. The first-order valence-corrected chi connectivity index (χ1v) is 10.8. The maximum absolute atomic E-state index is 13.4. The van der Waals surface area contributed by atoms with Crippen molar-refractivity contribution < 1.29 is 17.9 Å². The second-order valence-electron chi connectivity index (χ2n) is 6.81. The SMILES string of the molecule is COc1ccc(N(CC(=O)N(C)c2ccccc2)S(=O)(=O)c2ccc(C)cc2)cc1. The van der Waals surface area contributed by atoms with Gasteiger partial charge in [0.25, 0.3) is 10.0 Å². The smallest absolute Gasteiger partial charge is 0.264 e. The van der Waals surface area contributed by atoms with Crippen molar-refractivity contribution in [1.29, 1.82) is 0 Å². The zero-order chi connectivity index (χ0) is 21.7. The Hall–Kier alpha value is -3.32. The first-order chi connectivity index (χ1) is 14.3. The second-order valence-corrected chi connectivity index (χ2v) is 8.67. The van der Waals surface area contributed by atoms with Crippen LogP contribution in [0.2, 0.25) is 0 Å². The first kappa shape index (κ1) is 21.4. The molecule has 0 aliphatic carbocycles. The number of anilines is 2. The molecule has 0 saturated heterocycles. The minimum Gasteiger partial charge on any atom is -0.497 e. The Kier molecular flexibility index (Phi) is 6.42. The van der Waals surface area contributed by atoms with E-state index in [4.69, 9.17) is 4.74 Å². The molecule has 0 bridgehead atoms. The topological polar surface area (TPSA) is 66.9 Å². The summed E-state index contributed by atoms with van der Waals surface area (Å²) >= 11 is 0. The van der Waals surface area contributed by atoms with Crippen molar-refractivity contribution in [3.63, 3.8) is 0 Å². The first-order valence-electron chi connectivity index (χ1n) is 9.38. The average Bonchev–Trinajstić information content (AvgIpc) is 2.77. The van der Waals surface area contributed by atoms with Crippen LogP contribution in [-0.4, -0.2) is 35.0 Å². The Bertz CT molecular complexity index is 1100. The monoisotopic (exact) mass is 424 g/mol. The number of carbonyl (C=O) groups excluding carboxylic acids is 1. The van der Waals surface area contributed by atoms with Gasteiger partial charge in [0.05, 0.1) is 17.7 Å². The molecule has 156 valence electrons. The minimum atomic E-state index is -3.96. The maximum Gasteiger partial charge on any atom is 0.264 e. The van der Waals surface area contributed by atoms with Crippen molar-refractivity contribution in [2.45, 2.75) is 11.8 Å². The molecule has 0 aliphatic heterocycles. The Morgan fingerprint density at radius 2 is 1.47 bits per heavy atom. The number of hydrogen-bond donors (Lipinski definition) is 0. The summed E-state index contributed by atoms with van der Waals surface area (Å²) in [5.41, 5.74) is 2.01. The zero-order valence-electron chi connectivity index (χ0n) is 17.1. The molecule has 3 rings (SSSR count). The lowest BCUT2D eigenvalue weighted by Gasteiger charge is -2.27. The molecule has 0 radical (unpaired) electrons. The summed E-state index contributed by atoms with van der Waals surface area (Å²) in [5.74, 6) is 0.242. The molecule has 0 atom stereocenters. The van der Waals surface area contributed by atoms with Crippen molar-refractivity contribution in [2.75, 3.05) is 29.9 Å². The number of sulfonamides is 1. The van der Waals surface area contributed by atoms with Crippen LogP contribution in [0.3, 0.4) is 0 Å². The van der Waals surface area contributed by atoms with Gasteiger partial charge < -0.3 is 9.64 Å². The summed E-state index contributed by atoms with van der Waals surface area (Å²) in [5, 5.41) is 0. The van der Waals surface area contributed by atoms with Gasteiger partial charge in [0.2, 0.25) is 5.91 Å². The highest BCUT2D eigenvalue weighted by molar-refractivity contribution is 7.92. The molecule has 30 heavy (non-hydrogen) atoms. The summed E-state index contributed by atoms with van der Waals surface area (Å²) in [6.07, 6.45) is 0. The van der Waals surface area contributed by atoms with Crippen LogP contribution in [0.4, 0.5) is 11.4 Å². The summed E-state index contributed by atoms with van der Waals surface area (Å²) < 4.78 is 33.1. The van der Waals surface area contributed by atoms with E-state index in [1.165, 1.54) is 12.0 Å². The van der Waals surface area contributed by atoms with Crippen LogP contribution in [-0.2, 0) is 14.8 Å². The third kappa shape index (κ3) is 4.63. The van der Waals surface area contributed by atoms with Crippen LogP contribution < -0.4 is 13.9 Å². The lowest BCUT2D eigenvalue weighted by molar-refractivity contribution is -0.116. The van der Waals surface area contributed by atoms with Crippen molar-refractivity contribution in [3.05, 3.63) is 84.4 Å². The predicted molar refractivity (Wildman–Crippen MR) is 119 cm³/mol. The zero-order valence-corrected chi connectivity index (χ0v) is 18.0. The molecule has 0 heterocycles. The van der Waals surface area contributed by atoms with Gasteiger partial charge in [0.1, 0.15) is 12.3 Å². The lowest BCUT2D eigenvalue weighted by atomic mass is 10.2. The van der Waals surface area contributed by atoms with Crippen molar-refractivity contribution in [2.24, 2.45) is 0 Å². The van der Waals surface area contributed by atoms with Crippen LogP contribution in [0.25, 0.3) is 0 Å². The van der Waals surface area contributed by atoms with E-state index in [9.17, 15) is 13.2 Å². The largest absolute Gasteiger partial charge is 0.497 e. The molecular weight excluding hydrogens is 400 g/mol. The summed E-state index contributed by atoms with van der Waals surface area (Å²) in [6, 6.07) is 22.2. The van der Waals surface area contributed by atoms with Crippen LogP contribution in [0.1, 0.15) is 5.56 Å². The fourth-order valence-electron chi connectivity index (χ4n) is 2.93. The fraction of sp³-hybridized carbons (Fsp3) is 0.174. The Labute approximate surface area is 177 Å². The number of amides is 1. The van der Waals surface area contributed by atoms with Gasteiger partial charge in [0.15, 0.2) is 0 Å². The molecule has 3 aromatic carbocycles. The van der Waals surface area contributed by atoms with Gasteiger partial charge in [-0.15, -0.1) is 0 Å². The molecule has 1 amide bonds. The van der Waals surface area contributed by atoms with E-state index in [1.807, 2.05) is 25.1 Å². The van der Waals surface area contributed by atoms with Crippen LogP contribution in [0.5, 0.6) is 5.75 Å². The van der Waals surface area contributed by atoms with Crippen LogP contribution >= 0.6 is 0 Å².